The third-order valence-corrected chi connectivity index (χ3v) is 4.95. The van der Waals surface area contributed by atoms with Crippen LogP contribution >= 0.6 is 23.2 Å². The number of H-pyrrole nitrogens is 1. The number of aromatic nitrogens is 2. The van der Waals surface area contributed by atoms with Crippen molar-refractivity contribution in [1.29, 1.82) is 5.26 Å². The predicted octanol–water partition coefficient (Wildman–Crippen LogP) is 4.60. The van der Waals surface area contributed by atoms with Gasteiger partial charge in [-0.25, -0.2) is 0 Å². The van der Waals surface area contributed by atoms with Crippen LogP contribution < -0.4 is 10.5 Å². The first kappa shape index (κ1) is 16.5. The van der Waals surface area contributed by atoms with Gasteiger partial charge in [0.1, 0.15) is 11.6 Å². The van der Waals surface area contributed by atoms with Gasteiger partial charge >= 0.3 is 0 Å². The number of benzene rings is 2. The Morgan fingerprint density at radius 3 is 2.38 bits per heavy atom. The normalized spacial score (nSPS) is 16.0. The summed E-state index contributed by atoms with van der Waals surface area (Å²) in [6, 6.07) is 17.0. The number of rotatable bonds is 2. The fraction of sp³-hybridized carbons (Fsp3) is 0.0526. The first-order chi connectivity index (χ1) is 12.6. The maximum absolute atomic E-state index is 9.71. The third kappa shape index (κ3) is 2.51. The zero-order chi connectivity index (χ0) is 18.3. The van der Waals surface area contributed by atoms with Crippen LogP contribution in [0.2, 0.25) is 10.0 Å². The van der Waals surface area contributed by atoms with E-state index in [0.29, 0.717) is 27.1 Å². The van der Waals surface area contributed by atoms with E-state index in [1.807, 2.05) is 30.3 Å². The Balaban J connectivity index is 2.02. The molecule has 0 saturated heterocycles. The van der Waals surface area contributed by atoms with Crippen LogP contribution in [-0.2, 0) is 0 Å². The minimum absolute atomic E-state index is 0.00732. The highest BCUT2D eigenvalue weighted by atomic mass is 35.5. The standard InChI is InChI=1S/C19H12Cl2N4O/c20-12-7-4-8-13(21)15(12)14-11(9-22)18(23)26-19-16(14)17(24-25-19)10-5-2-1-3-6-10/h1-8,14H,23H2,(H,24,25)/t14-/m0/s1. The van der Waals surface area contributed by atoms with Crippen molar-refractivity contribution in [3.05, 3.63) is 81.2 Å². The van der Waals surface area contributed by atoms with Crippen molar-refractivity contribution in [3.8, 4) is 23.2 Å². The van der Waals surface area contributed by atoms with Gasteiger partial charge in [0.25, 0.3) is 0 Å². The molecule has 1 aromatic heterocycles. The Hall–Kier alpha value is -2.94. The lowest BCUT2D eigenvalue weighted by Crippen LogP contribution is -2.21. The van der Waals surface area contributed by atoms with Crippen LogP contribution in [-0.4, -0.2) is 10.2 Å². The number of hydrogen-bond acceptors (Lipinski definition) is 4. The summed E-state index contributed by atoms with van der Waals surface area (Å²) in [6.45, 7) is 0. The molecule has 4 rings (SSSR count). The van der Waals surface area contributed by atoms with Crippen molar-refractivity contribution in [3.63, 3.8) is 0 Å². The Morgan fingerprint density at radius 1 is 1.04 bits per heavy atom. The van der Waals surface area contributed by atoms with Gasteiger partial charge in [0.2, 0.25) is 11.8 Å². The van der Waals surface area contributed by atoms with Crippen molar-refractivity contribution < 1.29 is 4.74 Å². The molecule has 3 aromatic rings. The quantitative estimate of drug-likeness (QED) is 0.677. The monoisotopic (exact) mass is 382 g/mol. The third-order valence-electron chi connectivity index (χ3n) is 4.29. The van der Waals surface area contributed by atoms with Crippen LogP contribution in [0.4, 0.5) is 0 Å². The van der Waals surface area contributed by atoms with E-state index in [4.69, 9.17) is 33.7 Å². The van der Waals surface area contributed by atoms with Gasteiger partial charge < -0.3 is 10.5 Å². The number of aromatic amines is 1. The largest absolute Gasteiger partial charge is 0.420 e. The zero-order valence-corrected chi connectivity index (χ0v) is 14.8. The smallest absolute Gasteiger partial charge is 0.244 e. The van der Waals surface area contributed by atoms with Gasteiger partial charge in [-0.05, 0) is 17.7 Å². The average Bonchev–Trinajstić information content (AvgIpc) is 3.05. The van der Waals surface area contributed by atoms with E-state index in [2.05, 4.69) is 16.3 Å². The number of ether oxygens (including phenoxy) is 1. The number of hydrogen-bond donors (Lipinski definition) is 2. The molecule has 128 valence electrons. The van der Waals surface area contributed by atoms with E-state index < -0.39 is 5.92 Å². The van der Waals surface area contributed by atoms with Crippen molar-refractivity contribution in [2.75, 3.05) is 0 Å². The molecule has 0 radical (unpaired) electrons. The van der Waals surface area contributed by atoms with Gasteiger partial charge in [-0.1, -0.05) is 59.6 Å². The second-order valence-electron chi connectivity index (χ2n) is 5.74. The second kappa shape index (κ2) is 6.41. The molecule has 26 heavy (non-hydrogen) atoms. The van der Waals surface area contributed by atoms with Gasteiger partial charge in [0.15, 0.2) is 0 Å². The van der Waals surface area contributed by atoms with E-state index in [1.165, 1.54) is 0 Å². The van der Waals surface area contributed by atoms with Crippen LogP contribution in [0.25, 0.3) is 11.3 Å². The van der Waals surface area contributed by atoms with Crippen LogP contribution in [0.5, 0.6) is 5.88 Å². The molecule has 5 nitrogen and oxygen atoms in total. The molecule has 0 amide bonds. The van der Waals surface area contributed by atoms with Crippen LogP contribution in [0, 0.1) is 11.3 Å². The molecular weight excluding hydrogens is 371 g/mol. The fourth-order valence-electron chi connectivity index (χ4n) is 3.15. The number of allylic oxidation sites excluding steroid dienone is 1. The second-order valence-corrected chi connectivity index (χ2v) is 6.56. The number of nitrogens with zero attached hydrogens (tertiary/aromatic N) is 2. The summed E-state index contributed by atoms with van der Waals surface area (Å²) in [4.78, 5) is 0. The van der Waals surface area contributed by atoms with Crippen molar-refractivity contribution >= 4 is 23.2 Å². The highest BCUT2D eigenvalue weighted by Crippen LogP contribution is 2.48. The van der Waals surface area contributed by atoms with Crippen molar-refractivity contribution in [1.82, 2.24) is 10.2 Å². The first-order valence-corrected chi connectivity index (χ1v) is 8.52. The lowest BCUT2D eigenvalue weighted by molar-refractivity contribution is 0.379. The number of nitrogens with two attached hydrogens (primary N) is 1. The molecule has 0 spiro atoms. The summed E-state index contributed by atoms with van der Waals surface area (Å²) in [6.07, 6.45) is 0. The van der Waals surface area contributed by atoms with E-state index in [9.17, 15) is 5.26 Å². The van der Waals surface area contributed by atoms with Crippen LogP contribution in [0.1, 0.15) is 17.0 Å². The molecule has 0 unspecified atom stereocenters. The molecule has 3 N–H and O–H groups in total. The lowest BCUT2D eigenvalue weighted by atomic mass is 9.83. The molecule has 2 heterocycles. The maximum atomic E-state index is 9.71. The summed E-state index contributed by atoms with van der Waals surface area (Å²) in [5, 5.41) is 17.8. The van der Waals surface area contributed by atoms with Gasteiger partial charge in [-0.2, -0.15) is 5.26 Å². The van der Waals surface area contributed by atoms with Gasteiger partial charge in [0.05, 0.1) is 17.2 Å². The molecule has 1 aliphatic rings. The molecule has 0 saturated carbocycles. The highest BCUT2D eigenvalue weighted by Gasteiger charge is 2.37. The maximum Gasteiger partial charge on any atom is 0.244 e. The number of halogens is 2. The highest BCUT2D eigenvalue weighted by molar-refractivity contribution is 6.36. The summed E-state index contributed by atoms with van der Waals surface area (Å²) >= 11 is 12.9. The Labute approximate surface area is 159 Å². The SMILES string of the molecule is N#CC1=C(N)Oc2n[nH]c(-c3ccccc3)c2[C@@H]1c1c(Cl)cccc1Cl. The minimum Gasteiger partial charge on any atom is -0.420 e. The lowest BCUT2D eigenvalue weighted by Gasteiger charge is -2.25. The molecule has 7 heteroatoms. The van der Waals surface area contributed by atoms with Crippen LogP contribution in [0.15, 0.2) is 60.0 Å². The summed E-state index contributed by atoms with van der Waals surface area (Å²) in [5.74, 6) is -0.285. The Bertz CT molecular complexity index is 1050. The molecular formula is C19H12Cl2N4O. The zero-order valence-electron chi connectivity index (χ0n) is 13.3. The molecule has 0 fully saturated rings. The number of fused-ring (bicyclic) bond motifs is 1. The molecule has 1 aliphatic heterocycles. The number of nitriles is 1. The Morgan fingerprint density at radius 2 is 1.73 bits per heavy atom. The van der Waals surface area contributed by atoms with Crippen molar-refractivity contribution in [2.45, 2.75) is 5.92 Å². The minimum atomic E-state index is -0.584. The topological polar surface area (TPSA) is 87.7 Å². The van der Waals surface area contributed by atoms with Gasteiger partial charge in [-0.15, -0.1) is 5.10 Å². The van der Waals surface area contributed by atoms with E-state index in [1.54, 1.807) is 18.2 Å². The van der Waals surface area contributed by atoms with Crippen LogP contribution in [0.3, 0.4) is 0 Å². The van der Waals surface area contributed by atoms with E-state index in [0.717, 1.165) is 11.3 Å². The average molecular weight is 383 g/mol. The summed E-state index contributed by atoms with van der Waals surface area (Å²) in [5.41, 5.74) is 9.11. The van der Waals surface area contributed by atoms with Crippen molar-refractivity contribution in [2.24, 2.45) is 5.73 Å². The number of nitrogens with one attached hydrogen (secondary N) is 1. The fourth-order valence-corrected chi connectivity index (χ4v) is 3.76. The molecule has 0 aliphatic carbocycles. The first-order valence-electron chi connectivity index (χ1n) is 7.77. The molecule has 1 atom stereocenters. The summed E-state index contributed by atoms with van der Waals surface area (Å²) in [7, 11) is 0. The predicted molar refractivity (Wildman–Crippen MR) is 99.8 cm³/mol. The van der Waals surface area contributed by atoms with Gasteiger partial charge in [-0.3, -0.25) is 5.10 Å². The molecule has 0 bridgehead atoms. The van der Waals surface area contributed by atoms with E-state index in [-0.39, 0.29) is 11.5 Å². The Kier molecular flexibility index (Phi) is 4.08. The molecule has 2 aromatic carbocycles. The van der Waals surface area contributed by atoms with Gasteiger partial charge in [0, 0.05) is 15.6 Å². The van der Waals surface area contributed by atoms with E-state index >= 15 is 0 Å². The summed E-state index contributed by atoms with van der Waals surface area (Å²) < 4.78 is 5.58.